The molecule has 0 radical (unpaired) electrons. The first-order chi connectivity index (χ1) is 12.7. The molecule has 0 saturated heterocycles. The van der Waals surface area contributed by atoms with E-state index in [0.717, 1.165) is 22.8 Å². The predicted molar refractivity (Wildman–Crippen MR) is 102 cm³/mol. The Balaban J connectivity index is 1.78. The number of fused-ring (bicyclic) bond motifs is 1. The first-order valence-electron chi connectivity index (χ1n) is 8.51. The average molecular weight is 370 g/mol. The van der Waals surface area contributed by atoms with Gasteiger partial charge in [-0.15, -0.1) is 0 Å². The molecule has 5 nitrogen and oxygen atoms in total. The number of aromatic nitrogens is 2. The number of aliphatic hydroxyl groups is 1. The largest absolute Gasteiger partial charge is 0.497 e. The molecule has 2 heterocycles. The molecule has 1 aromatic heterocycles. The normalized spacial score (nSPS) is 21.7. The van der Waals surface area contributed by atoms with E-state index in [2.05, 4.69) is 14.9 Å². The molecule has 0 unspecified atom stereocenters. The van der Waals surface area contributed by atoms with E-state index in [1.165, 1.54) is 0 Å². The highest BCUT2D eigenvalue weighted by molar-refractivity contribution is 6.30. The van der Waals surface area contributed by atoms with Gasteiger partial charge >= 0.3 is 0 Å². The number of methoxy groups -OCH3 is 1. The van der Waals surface area contributed by atoms with Gasteiger partial charge in [-0.1, -0.05) is 35.9 Å². The number of imidazole rings is 1. The van der Waals surface area contributed by atoms with E-state index < -0.39 is 0 Å². The molecule has 0 saturated carbocycles. The predicted octanol–water partition coefficient (Wildman–Crippen LogP) is 3.91. The van der Waals surface area contributed by atoms with Crippen LogP contribution in [0.4, 0.5) is 5.95 Å². The number of hydrogen-bond acceptors (Lipinski definition) is 4. The maximum absolute atomic E-state index is 10.2. The van der Waals surface area contributed by atoms with Gasteiger partial charge in [-0.05, 0) is 35.4 Å². The molecular formula is C20H20ClN3O2. The number of ether oxygens (including phenoxy) is 1. The van der Waals surface area contributed by atoms with E-state index in [1.807, 2.05) is 54.7 Å². The minimum atomic E-state index is -0.0681. The zero-order valence-corrected chi connectivity index (χ0v) is 15.1. The molecule has 0 aliphatic carbocycles. The van der Waals surface area contributed by atoms with Crippen molar-refractivity contribution in [3.05, 3.63) is 77.1 Å². The second-order valence-corrected chi connectivity index (χ2v) is 6.83. The number of nitrogens with zero attached hydrogens (tertiary/aromatic N) is 2. The smallest absolute Gasteiger partial charge is 0.203 e. The van der Waals surface area contributed by atoms with E-state index in [1.54, 1.807) is 13.3 Å². The Bertz CT molecular complexity index is 877. The quantitative estimate of drug-likeness (QED) is 0.732. The summed E-state index contributed by atoms with van der Waals surface area (Å²) in [6.07, 6.45) is 3.71. The lowest BCUT2D eigenvalue weighted by Gasteiger charge is -2.40. The molecule has 26 heavy (non-hydrogen) atoms. The fourth-order valence-corrected chi connectivity index (χ4v) is 3.82. The summed E-state index contributed by atoms with van der Waals surface area (Å²) in [7, 11) is 1.65. The zero-order chi connectivity index (χ0) is 18.1. The lowest BCUT2D eigenvalue weighted by molar-refractivity contribution is 0.166. The van der Waals surface area contributed by atoms with E-state index in [0.29, 0.717) is 5.02 Å². The third kappa shape index (κ3) is 2.93. The van der Waals surface area contributed by atoms with Crippen LogP contribution in [0, 0.1) is 5.92 Å². The first kappa shape index (κ1) is 16.9. The van der Waals surface area contributed by atoms with Gasteiger partial charge in [-0.2, -0.15) is 0 Å². The summed E-state index contributed by atoms with van der Waals surface area (Å²) in [4.78, 5) is 4.45. The number of aliphatic hydroxyl groups excluding tert-OH is 1. The molecule has 0 bridgehead atoms. The third-order valence-electron chi connectivity index (χ3n) is 4.98. The van der Waals surface area contributed by atoms with Gasteiger partial charge in [-0.25, -0.2) is 4.98 Å². The Kier molecular flexibility index (Phi) is 4.57. The van der Waals surface area contributed by atoms with Crippen molar-refractivity contribution < 1.29 is 9.84 Å². The number of benzene rings is 2. The molecule has 3 aromatic rings. The van der Waals surface area contributed by atoms with Crippen LogP contribution in [0.5, 0.6) is 5.75 Å². The minimum Gasteiger partial charge on any atom is -0.497 e. The van der Waals surface area contributed by atoms with Crippen LogP contribution < -0.4 is 10.1 Å². The second kappa shape index (κ2) is 7.02. The number of anilines is 1. The summed E-state index contributed by atoms with van der Waals surface area (Å²) in [6.45, 7) is 0.0363. The van der Waals surface area contributed by atoms with Crippen LogP contribution in [-0.4, -0.2) is 28.4 Å². The fraction of sp³-hybridized carbons (Fsp3) is 0.250. The maximum atomic E-state index is 10.2. The molecule has 134 valence electrons. The highest BCUT2D eigenvalue weighted by atomic mass is 35.5. The molecule has 0 fully saturated rings. The molecule has 2 aromatic carbocycles. The van der Waals surface area contributed by atoms with Gasteiger partial charge in [0.2, 0.25) is 5.95 Å². The Labute approximate surface area is 157 Å². The van der Waals surface area contributed by atoms with E-state index >= 15 is 0 Å². The summed E-state index contributed by atoms with van der Waals surface area (Å²) in [5.41, 5.74) is 2.17. The molecule has 1 aliphatic rings. The second-order valence-electron chi connectivity index (χ2n) is 6.40. The molecule has 4 rings (SSSR count). The van der Waals surface area contributed by atoms with Crippen molar-refractivity contribution in [1.82, 2.24) is 9.55 Å². The number of halogens is 1. The van der Waals surface area contributed by atoms with Crippen LogP contribution in [0.3, 0.4) is 0 Å². The summed E-state index contributed by atoms with van der Waals surface area (Å²) >= 11 is 6.06. The van der Waals surface area contributed by atoms with Gasteiger partial charge < -0.3 is 19.7 Å². The lowest BCUT2D eigenvalue weighted by Crippen LogP contribution is -2.38. The molecule has 0 amide bonds. The first-order valence-corrected chi connectivity index (χ1v) is 8.88. The highest BCUT2D eigenvalue weighted by Crippen LogP contribution is 2.43. The molecule has 6 heteroatoms. The van der Waals surface area contributed by atoms with Crippen molar-refractivity contribution in [3.63, 3.8) is 0 Å². The minimum absolute atomic E-state index is 0.0363. The van der Waals surface area contributed by atoms with Crippen LogP contribution >= 0.6 is 11.6 Å². The van der Waals surface area contributed by atoms with Crippen LogP contribution in [0.1, 0.15) is 23.2 Å². The molecule has 2 N–H and O–H groups in total. The molecule has 3 atom stereocenters. The highest BCUT2D eigenvalue weighted by Gasteiger charge is 2.38. The lowest BCUT2D eigenvalue weighted by atomic mass is 9.82. The fourth-order valence-electron chi connectivity index (χ4n) is 3.70. The summed E-state index contributed by atoms with van der Waals surface area (Å²) < 4.78 is 7.33. The topological polar surface area (TPSA) is 59.3 Å². The summed E-state index contributed by atoms with van der Waals surface area (Å²) in [6, 6.07) is 15.6. The molecular weight excluding hydrogens is 350 g/mol. The Morgan fingerprint density at radius 3 is 2.46 bits per heavy atom. The summed E-state index contributed by atoms with van der Waals surface area (Å²) in [5, 5.41) is 14.4. The van der Waals surface area contributed by atoms with Crippen molar-refractivity contribution in [2.75, 3.05) is 19.0 Å². The van der Waals surface area contributed by atoms with Gasteiger partial charge in [0, 0.05) is 23.3 Å². The SMILES string of the molecule is COc1ccc([C@@H]2Nc3nccn3[C@H](c3ccc(Cl)cc3)[C@H]2CO)cc1. The van der Waals surface area contributed by atoms with Crippen molar-refractivity contribution >= 4 is 17.5 Å². The van der Waals surface area contributed by atoms with Gasteiger partial charge in [0.25, 0.3) is 0 Å². The van der Waals surface area contributed by atoms with Crippen molar-refractivity contribution in [3.8, 4) is 5.75 Å². The molecule has 0 spiro atoms. The van der Waals surface area contributed by atoms with Gasteiger partial charge in [0.1, 0.15) is 5.75 Å². The van der Waals surface area contributed by atoms with Crippen LogP contribution in [0.25, 0.3) is 0 Å². The van der Waals surface area contributed by atoms with Crippen molar-refractivity contribution in [2.45, 2.75) is 12.1 Å². The van der Waals surface area contributed by atoms with Gasteiger partial charge in [0.05, 0.1) is 25.8 Å². The standard InChI is InChI=1S/C20H20ClN3O2/c1-26-16-8-4-13(5-9-16)18-17(12-25)19(14-2-6-15(21)7-3-14)24-11-10-22-20(24)23-18/h2-11,17-19,25H,12H2,1H3,(H,22,23)/t17-,18-,19+/m0/s1. The van der Waals surface area contributed by atoms with Crippen LogP contribution in [0.2, 0.25) is 5.02 Å². The Morgan fingerprint density at radius 1 is 1.12 bits per heavy atom. The van der Waals surface area contributed by atoms with Crippen LogP contribution in [0.15, 0.2) is 60.9 Å². The number of hydrogen-bond donors (Lipinski definition) is 2. The maximum Gasteiger partial charge on any atom is 0.203 e. The van der Waals surface area contributed by atoms with E-state index in [4.69, 9.17) is 16.3 Å². The van der Waals surface area contributed by atoms with Gasteiger partial charge in [-0.3, -0.25) is 0 Å². The third-order valence-corrected chi connectivity index (χ3v) is 5.24. The Morgan fingerprint density at radius 2 is 1.81 bits per heavy atom. The monoisotopic (exact) mass is 369 g/mol. The van der Waals surface area contributed by atoms with Crippen LogP contribution in [-0.2, 0) is 0 Å². The molecule has 1 aliphatic heterocycles. The van der Waals surface area contributed by atoms with Gasteiger partial charge in [0.15, 0.2) is 0 Å². The number of nitrogens with one attached hydrogen (secondary N) is 1. The zero-order valence-electron chi connectivity index (χ0n) is 14.3. The van der Waals surface area contributed by atoms with Crippen molar-refractivity contribution in [2.24, 2.45) is 5.92 Å². The Hall–Kier alpha value is -2.50. The van der Waals surface area contributed by atoms with Crippen molar-refractivity contribution in [1.29, 1.82) is 0 Å². The average Bonchev–Trinajstić information content (AvgIpc) is 3.15. The number of rotatable bonds is 4. The summed E-state index contributed by atoms with van der Waals surface area (Å²) in [5.74, 6) is 1.53. The van der Waals surface area contributed by atoms with E-state index in [-0.39, 0.29) is 24.6 Å². The van der Waals surface area contributed by atoms with E-state index in [9.17, 15) is 5.11 Å².